The van der Waals surface area contributed by atoms with Crippen molar-refractivity contribution in [1.29, 1.82) is 0 Å². The Morgan fingerprint density at radius 1 is 1.42 bits per heavy atom. The van der Waals surface area contributed by atoms with E-state index in [1.165, 1.54) is 23.1 Å². The molecule has 1 amide bonds. The van der Waals surface area contributed by atoms with Crippen molar-refractivity contribution in [1.82, 2.24) is 15.1 Å². The van der Waals surface area contributed by atoms with Crippen LogP contribution in [0.5, 0.6) is 0 Å². The third-order valence-electron chi connectivity index (χ3n) is 3.72. The molecule has 10 heteroatoms. The Bertz CT molecular complexity index is 675. The highest BCUT2D eigenvalue weighted by Gasteiger charge is 2.35. The Balaban J connectivity index is 1.98. The Labute approximate surface area is 151 Å². The number of thioether (sulfide) groups is 1. The van der Waals surface area contributed by atoms with E-state index in [0.29, 0.717) is 13.0 Å². The predicted molar refractivity (Wildman–Crippen MR) is 98.4 cm³/mol. The van der Waals surface area contributed by atoms with Gasteiger partial charge in [0.1, 0.15) is 0 Å². The first kappa shape index (κ1) is 19.5. The minimum atomic E-state index is -3.01. The number of aromatic nitrogens is 2. The van der Waals surface area contributed by atoms with Crippen molar-refractivity contribution >= 4 is 44.0 Å². The third kappa shape index (κ3) is 5.06. The van der Waals surface area contributed by atoms with Crippen LogP contribution in [0.15, 0.2) is 4.34 Å². The molecule has 2 rings (SSSR count). The zero-order chi connectivity index (χ0) is 17.9. The second kappa shape index (κ2) is 8.01. The maximum absolute atomic E-state index is 12.7. The minimum absolute atomic E-state index is 0.0434. The van der Waals surface area contributed by atoms with E-state index in [4.69, 9.17) is 0 Å². The highest BCUT2D eigenvalue weighted by molar-refractivity contribution is 8.02. The van der Waals surface area contributed by atoms with E-state index in [-0.39, 0.29) is 34.7 Å². The van der Waals surface area contributed by atoms with Crippen LogP contribution in [0.1, 0.15) is 34.1 Å². The molecular formula is C14H24N4O3S3. The van der Waals surface area contributed by atoms with Crippen molar-refractivity contribution in [2.45, 2.75) is 55.8 Å². The molecule has 7 nitrogen and oxygen atoms in total. The van der Waals surface area contributed by atoms with Gasteiger partial charge in [0.25, 0.3) is 0 Å². The summed E-state index contributed by atoms with van der Waals surface area (Å²) in [5.41, 5.74) is 0. The average molecular weight is 393 g/mol. The molecule has 0 saturated carbocycles. The molecule has 0 aromatic carbocycles. The van der Waals surface area contributed by atoms with Gasteiger partial charge in [-0.1, -0.05) is 23.1 Å². The number of sulfone groups is 1. The minimum Gasteiger partial charge on any atom is -0.358 e. The molecule has 24 heavy (non-hydrogen) atoms. The van der Waals surface area contributed by atoms with Gasteiger partial charge in [-0.05, 0) is 34.1 Å². The van der Waals surface area contributed by atoms with E-state index in [0.717, 1.165) is 9.47 Å². The summed E-state index contributed by atoms with van der Waals surface area (Å²) < 4.78 is 24.1. The Morgan fingerprint density at radius 2 is 2.12 bits per heavy atom. The van der Waals surface area contributed by atoms with Gasteiger partial charge >= 0.3 is 0 Å². The first-order valence-corrected chi connectivity index (χ1v) is 11.5. The van der Waals surface area contributed by atoms with Crippen molar-refractivity contribution < 1.29 is 13.2 Å². The second-order valence-electron chi connectivity index (χ2n) is 6.11. The number of hydrogen-bond acceptors (Lipinski definition) is 8. The summed E-state index contributed by atoms with van der Waals surface area (Å²) in [6, 6.07) is 0.0675. The Hall–Kier alpha value is -0.870. The number of anilines is 1. The van der Waals surface area contributed by atoms with Crippen LogP contribution in [0.2, 0.25) is 0 Å². The van der Waals surface area contributed by atoms with E-state index in [1.807, 2.05) is 27.7 Å². The molecule has 1 N–H and O–H groups in total. The number of carbonyl (C=O) groups excluding carboxylic acids is 1. The lowest BCUT2D eigenvalue weighted by Crippen LogP contribution is -2.44. The zero-order valence-corrected chi connectivity index (χ0v) is 16.8. The van der Waals surface area contributed by atoms with Crippen LogP contribution in [0.25, 0.3) is 0 Å². The third-order valence-corrected chi connectivity index (χ3v) is 7.49. The molecule has 1 aromatic rings. The van der Waals surface area contributed by atoms with Gasteiger partial charge in [-0.2, -0.15) is 0 Å². The largest absolute Gasteiger partial charge is 0.358 e. The smallest absolute Gasteiger partial charge is 0.236 e. The number of amides is 1. The molecule has 1 saturated heterocycles. The van der Waals surface area contributed by atoms with Crippen LogP contribution in [-0.4, -0.2) is 64.8 Å². The van der Waals surface area contributed by atoms with Gasteiger partial charge in [0.2, 0.25) is 11.0 Å². The fourth-order valence-corrected chi connectivity index (χ4v) is 6.46. The molecule has 0 spiro atoms. The summed E-state index contributed by atoms with van der Waals surface area (Å²) in [5, 5.41) is 11.8. The highest BCUT2D eigenvalue weighted by Crippen LogP contribution is 2.31. The van der Waals surface area contributed by atoms with Crippen LogP contribution in [-0.2, 0) is 14.6 Å². The molecule has 0 bridgehead atoms. The average Bonchev–Trinajstić information content (AvgIpc) is 3.05. The second-order valence-corrected chi connectivity index (χ2v) is 10.9. The quantitative estimate of drug-likeness (QED) is 0.708. The van der Waals surface area contributed by atoms with E-state index >= 15 is 0 Å². The number of nitrogens with zero attached hydrogens (tertiary/aromatic N) is 3. The number of rotatable bonds is 7. The van der Waals surface area contributed by atoms with Gasteiger partial charge in [0, 0.05) is 18.6 Å². The number of nitrogens with one attached hydrogen (secondary N) is 1. The summed E-state index contributed by atoms with van der Waals surface area (Å²) in [6.45, 7) is 8.27. The van der Waals surface area contributed by atoms with Crippen LogP contribution in [0.4, 0.5) is 5.13 Å². The predicted octanol–water partition coefficient (Wildman–Crippen LogP) is 1.87. The van der Waals surface area contributed by atoms with Crippen molar-refractivity contribution in [3.8, 4) is 0 Å². The van der Waals surface area contributed by atoms with Crippen molar-refractivity contribution in [2.75, 3.05) is 23.4 Å². The van der Waals surface area contributed by atoms with Crippen LogP contribution >= 0.6 is 23.1 Å². The van der Waals surface area contributed by atoms with Gasteiger partial charge in [-0.15, -0.1) is 10.2 Å². The molecule has 0 unspecified atom stereocenters. The maximum atomic E-state index is 12.7. The maximum Gasteiger partial charge on any atom is 0.236 e. The van der Waals surface area contributed by atoms with E-state index in [9.17, 15) is 13.2 Å². The lowest BCUT2D eigenvalue weighted by Gasteiger charge is -2.29. The standard InChI is InChI=1S/C14H24N4O3S3/c1-5-18(11-6-7-24(20,21)8-11)12(19)10(4)22-14-17-16-13(23-14)15-9(2)3/h9-11H,5-8H2,1-4H3,(H,15,16)/t10-,11-/m0/s1. The fraction of sp³-hybridized carbons (Fsp3) is 0.786. The van der Waals surface area contributed by atoms with Gasteiger partial charge in [-0.3, -0.25) is 4.79 Å². The van der Waals surface area contributed by atoms with E-state index in [2.05, 4.69) is 15.5 Å². The molecule has 2 atom stereocenters. The SMILES string of the molecule is CCN(C(=O)[C@H](C)Sc1nnc(NC(C)C)s1)[C@H]1CCS(=O)(=O)C1. The molecular weight excluding hydrogens is 368 g/mol. The highest BCUT2D eigenvalue weighted by atomic mass is 32.2. The number of hydrogen-bond donors (Lipinski definition) is 1. The van der Waals surface area contributed by atoms with Gasteiger partial charge in [0.05, 0.1) is 16.8 Å². The number of carbonyl (C=O) groups is 1. The van der Waals surface area contributed by atoms with E-state index < -0.39 is 9.84 Å². The van der Waals surface area contributed by atoms with Crippen LogP contribution in [0.3, 0.4) is 0 Å². The summed E-state index contributed by atoms with van der Waals surface area (Å²) in [7, 11) is -3.01. The first-order chi connectivity index (χ1) is 11.2. The topological polar surface area (TPSA) is 92.3 Å². The van der Waals surface area contributed by atoms with Crippen LogP contribution in [0, 0.1) is 0 Å². The first-order valence-electron chi connectivity index (χ1n) is 7.99. The molecule has 1 fully saturated rings. The molecule has 2 heterocycles. The molecule has 1 aliphatic rings. The lowest BCUT2D eigenvalue weighted by atomic mass is 10.2. The molecule has 0 aliphatic carbocycles. The zero-order valence-electron chi connectivity index (χ0n) is 14.4. The summed E-state index contributed by atoms with van der Waals surface area (Å²) in [4.78, 5) is 14.4. The monoisotopic (exact) mass is 392 g/mol. The van der Waals surface area contributed by atoms with Gasteiger partial charge in [-0.25, -0.2) is 8.42 Å². The van der Waals surface area contributed by atoms with Gasteiger partial charge < -0.3 is 10.2 Å². The lowest BCUT2D eigenvalue weighted by molar-refractivity contribution is -0.131. The molecule has 0 radical (unpaired) electrons. The normalized spacial score (nSPS) is 21.0. The van der Waals surface area contributed by atoms with Crippen molar-refractivity contribution in [3.63, 3.8) is 0 Å². The van der Waals surface area contributed by atoms with Crippen molar-refractivity contribution in [2.24, 2.45) is 0 Å². The summed E-state index contributed by atoms with van der Waals surface area (Å²) in [6.07, 6.45) is 0.528. The molecule has 1 aromatic heterocycles. The molecule has 1 aliphatic heterocycles. The van der Waals surface area contributed by atoms with Gasteiger partial charge in [0.15, 0.2) is 14.2 Å². The van der Waals surface area contributed by atoms with E-state index in [1.54, 1.807) is 4.90 Å². The fourth-order valence-electron chi connectivity index (χ4n) is 2.61. The van der Waals surface area contributed by atoms with Crippen molar-refractivity contribution in [3.05, 3.63) is 0 Å². The molecule has 136 valence electrons. The van der Waals surface area contributed by atoms with Crippen LogP contribution < -0.4 is 5.32 Å². The Kier molecular flexibility index (Phi) is 6.49. The Morgan fingerprint density at radius 3 is 2.67 bits per heavy atom. The summed E-state index contributed by atoms with van der Waals surface area (Å²) >= 11 is 2.79. The summed E-state index contributed by atoms with van der Waals surface area (Å²) in [5.74, 6) is 0.202.